The fourth-order valence-corrected chi connectivity index (χ4v) is 1.51. The zero-order valence-electron chi connectivity index (χ0n) is 8.82. The predicted octanol–water partition coefficient (Wildman–Crippen LogP) is 1.92. The summed E-state index contributed by atoms with van der Waals surface area (Å²) in [6.45, 7) is 4.41. The van der Waals surface area contributed by atoms with Crippen LogP contribution in [0.15, 0.2) is 18.2 Å². The van der Waals surface area contributed by atoms with Crippen molar-refractivity contribution in [2.24, 2.45) is 0 Å². The topological polar surface area (TPSA) is 61.0 Å². The number of nitrogen functional groups attached to an aromatic ring is 1. The third-order valence-electron chi connectivity index (χ3n) is 2.12. The minimum Gasteiger partial charge on any atom is -0.494 e. The Morgan fingerprint density at radius 2 is 2.13 bits per heavy atom. The second-order valence-corrected chi connectivity index (χ2v) is 3.27. The molecule has 0 unspecified atom stereocenters. The van der Waals surface area contributed by atoms with Crippen LogP contribution in [-0.2, 0) is 0 Å². The Bertz CT molecular complexity index is 496. The average molecular weight is 203 g/mol. The highest BCUT2D eigenvalue weighted by molar-refractivity contribution is 5.89. The van der Waals surface area contributed by atoms with Gasteiger partial charge in [-0.2, -0.15) is 0 Å². The minimum atomic E-state index is 0.499. The van der Waals surface area contributed by atoms with Crippen molar-refractivity contribution in [2.45, 2.75) is 13.8 Å². The number of nitrogens with zero attached hydrogens (tertiary/aromatic N) is 2. The number of fused-ring (bicyclic) bond motifs is 1. The van der Waals surface area contributed by atoms with Crippen LogP contribution in [0.5, 0.6) is 5.75 Å². The smallest absolute Gasteiger partial charge is 0.135 e. The average Bonchev–Trinajstić information content (AvgIpc) is 2.19. The van der Waals surface area contributed by atoms with Crippen molar-refractivity contribution in [1.29, 1.82) is 0 Å². The van der Waals surface area contributed by atoms with Crippen molar-refractivity contribution < 1.29 is 4.74 Å². The van der Waals surface area contributed by atoms with E-state index in [1.807, 2.05) is 32.0 Å². The maximum atomic E-state index is 5.82. The Morgan fingerprint density at radius 3 is 2.87 bits per heavy atom. The molecule has 2 N–H and O–H groups in total. The van der Waals surface area contributed by atoms with Gasteiger partial charge in [0.2, 0.25) is 0 Å². The van der Waals surface area contributed by atoms with E-state index in [9.17, 15) is 0 Å². The van der Waals surface area contributed by atoms with Gasteiger partial charge >= 0.3 is 0 Å². The molecule has 0 amide bonds. The molecular weight excluding hydrogens is 190 g/mol. The van der Waals surface area contributed by atoms with E-state index in [4.69, 9.17) is 10.5 Å². The van der Waals surface area contributed by atoms with E-state index in [0.29, 0.717) is 18.2 Å². The molecule has 0 radical (unpaired) electrons. The zero-order chi connectivity index (χ0) is 10.8. The van der Waals surface area contributed by atoms with Crippen LogP contribution in [0.4, 0.5) is 5.82 Å². The summed E-state index contributed by atoms with van der Waals surface area (Å²) in [5, 5.41) is 0.839. The molecule has 1 aromatic carbocycles. The number of hydrogen-bond donors (Lipinski definition) is 1. The summed E-state index contributed by atoms with van der Waals surface area (Å²) in [5.41, 5.74) is 6.67. The predicted molar refractivity (Wildman–Crippen MR) is 59.9 cm³/mol. The molecule has 0 spiro atoms. The number of nitrogens with two attached hydrogens (primary N) is 1. The van der Waals surface area contributed by atoms with Gasteiger partial charge in [0.15, 0.2) is 0 Å². The summed E-state index contributed by atoms with van der Waals surface area (Å²) in [6.07, 6.45) is 0. The molecule has 0 aliphatic rings. The Hall–Kier alpha value is -1.84. The number of aromatic nitrogens is 2. The van der Waals surface area contributed by atoms with E-state index in [-0.39, 0.29) is 0 Å². The van der Waals surface area contributed by atoms with E-state index < -0.39 is 0 Å². The van der Waals surface area contributed by atoms with Crippen molar-refractivity contribution in [3.8, 4) is 5.75 Å². The zero-order valence-corrected chi connectivity index (χ0v) is 8.82. The first-order valence-corrected chi connectivity index (χ1v) is 4.87. The van der Waals surface area contributed by atoms with Gasteiger partial charge in [-0.05, 0) is 32.0 Å². The Labute approximate surface area is 88.1 Å². The molecule has 2 aromatic rings. The van der Waals surface area contributed by atoms with Gasteiger partial charge in [-0.3, -0.25) is 0 Å². The van der Waals surface area contributed by atoms with Crippen molar-refractivity contribution in [3.63, 3.8) is 0 Å². The van der Waals surface area contributed by atoms with Crippen LogP contribution in [0.25, 0.3) is 10.9 Å². The van der Waals surface area contributed by atoms with E-state index in [0.717, 1.165) is 16.7 Å². The molecule has 0 fully saturated rings. The molecule has 0 aliphatic carbocycles. The molecule has 15 heavy (non-hydrogen) atoms. The van der Waals surface area contributed by atoms with Crippen molar-refractivity contribution in [1.82, 2.24) is 9.97 Å². The van der Waals surface area contributed by atoms with E-state index >= 15 is 0 Å². The summed E-state index contributed by atoms with van der Waals surface area (Å²) in [4.78, 5) is 8.41. The number of hydrogen-bond acceptors (Lipinski definition) is 4. The lowest BCUT2D eigenvalue weighted by molar-refractivity contribution is 0.340. The number of anilines is 1. The van der Waals surface area contributed by atoms with Gasteiger partial charge in [0.25, 0.3) is 0 Å². The second kappa shape index (κ2) is 3.73. The quantitative estimate of drug-likeness (QED) is 0.810. The minimum absolute atomic E-state index is 0.499. The lowest BCUT2D eigenvalue weighted by Crippen LogP contribution is -1.98. The van der Waals surface area contributed by atoms with Gasteiger partial charge in [0.05, 0.1) is 12.1 Å². The van der Waals surface area contributed by atoms with Crippen molar-refractivity contribution >= 4 is 16.7 Å². The normalized spacial score (nSPS) is 10.5. The molecule has 1 aromatic heterocycles. The molecule has 1 heterocycles. The molecule has 78 valence electrons. The van der Waals surface area contributed by atoms with Crippen molar-refractivity contribution in [2.75, 3.05) is 12.3 Å². The molecule has 0 saturated heterocycles. The number of aryl methyl sites for hydroxylation is 1. The highest BCUT2D eigenvalue weighted by Gasteiger charge is 2.03. The van der Waals surface area contributed by atoms with E-state index in [1.165, 1.54) is 0 Å². The maximum Gasteiger partial charge on any atom is 0.135 e. The Morgan fingerprint density at radius 1 is 1.33 bits per heavy atom. The molecule has 2 rings (SSSR count). The number of rotatable bonds is 2. The van der Waals surface area contributed by atoms with Crippen LogP contribution in [-0.4, -0.2) is 16.6 Å². The maximum absolute atomic E-state index is 5.82. The van der Waals surface area contributed by atoms with Crippen LogP contribution in [0.3, 0.4) is 0 Å². The van der Waals surface area contributed by atoms with Gasteiger partial charge in [0, 0.05) is 5.39 Å². The number of benzene rings is 1. The molecule has 0 atom stereocenters. The lowest BCUT2D eigenvalue weighted by atomic mass is 10.2. The van der Waals surface area contributed by atoms with Crippen molar-refractivity contribution in [3.05, 3.63) is 24.0 Å². The molecule has 4 heteroatoms. The molecule has 4 nitrogen and oxygen atoms in total. The Kier molecular flexibility index (Phi) is 2.41. The lowest BCUT2D eigenvalue weighted by Gasteiger charge is -2.06. The second-order valence-electron chi connectivity index (χ2n) is 3.27. The molecular formula is C11H13N3O. The highest BCUT2D eigenvalue weighted by atomic mass is 16.5. The van der Waals surface area contributed by atoms with Crippen LogP contribution in [0, 0.1) is 6.92 Å². The first-order valence-electron chi connectivity index (χ1n) is 4.87. The fourth-order valence-electron chi connectivity index (χ4n) is 1.51. The first-order chi connectivity index (χ1) is 7.20. The largest absolute Gasteiger partial charge is 0.494 e. The molecule has 0 bridgehead atoms. The summed E-state index contributed by atoms with van der Waals surface area (Å²) >= 11 is 0. The van der Waals surface area contributed by atoms with Gasteiger partial charge in [-0.25, -0.2) is 9.97 Å². The van der Waals surface area contributed by atoms with Crippen LogP contribution in [0.2, 0.25) is 0 Å². The molecule has 0 aliphatic heterocycles. The number of ether oxygens (including phenoxy) is 1. The first kappa shape index (κ1) is 9.71. The summed E-state index contributed by atoms with van der Waals surface area (Å²) in [5.74, 6) is 1.98. The fraction of sp³-hybridized carbons (Fsp3) is 0.273. The third-order valence-corrected chi connectivity index (χ3v) is 2.12. The van der Waals surface area contributed by atoms with E-state index in [1.54, 1.807) is 0 Å². The van der Waals surface area contributed by atoms with Crippen LogP contribution in [0.1, 0.15) is 12.7 Å². The highest BCUT2D eigenvalue weighted by Crippen LogP contribution is 2.23. The van der Waals surface area contributed by atoms with E-state index in [2.05, 4.69) is 9.97 Å². The third kappa shape index (κ3) is 1.83. The van der Waals surface area contributed by atoms with Crippen LogP contribution >= 0.6 is 0 Å². The van der Waals surface area contributed by atoms with Gasteiger partial charge < -0.3 is 10.5 Å². The van der Waals surface area contributed by atoms with Gasteiger partial charge in [-0.15, -0.1) is 0 Å². The standard InChI is InChI=1S/C11H13N3O/c1-3-15-8-4-5-10-9(6-8)11(12)14-7(2)13-10/h4-6H,3H2,1-2H3,(H2,12,13,14). The van der Waals surface area contributed by atoms with Gasteiger partial charge in [-0.1, -0.05) is 0 Å². The molecule has 0 saturated carbocycles. The summed E-state index contributed by atoms with van der Waals surface area (Å²) < 4.78 is 5.39. The Balaban J connectivity index is 2.60. The van der Waals surface area contributed by atoms with Gasteiger partial charge in [0.1, 0.15) is 17.4 Å². The monoisotopic (exact) mass is 203 g/mol. The summed E-state index contributed by atoms with van der Waals surface area (Å²) in [7, 11) is 0. The van der Waals surface area contributed by atoms with Crippen LogP contribution < -0.4 is 10.5 Å². The summed E-state index contributed by atoms with van der Waals surface area (Å²) in [6, 6.07) is 5.65. The SMILES string of the molecule is CCOc1ccc2nc(C)nc(N)c2c1.